The molecule has 0 aliphatic carbocycles. The van der Waals surface area contributed by atoms with Gasteiger partial charge in [-0.15, -0.1) is 0 Å². The lowest BCUT2D eigenvalue weighted by Crippen LogP contribution is -2.13. The molecule has 0 unspecified atom stereocenters. The fourth-order valence-corrected chi connectivity index (χ4v) is 2.68. The number of amides is 1. The van der Waals surface area contributed by atoms with E-state index in [0.29, 0.717) is 25.3 Å². The SMILES string of the molecule is O=C(CCCOc1cccc(Br)c1)Nc1ccn(-c2ccccc2)n1. The predicted octanol–water partition coefficient (Wildman–Crippen LogP) is 4.43. The van der Waals surface area contributed by atoms with Gasteiger partial charge in [-0.25, -0.2) is 4.68 Å². The second-order valence-electron chi connectivity index (χ2n) is 5.44. The van der Waals surface area contributed by atoms with Crippen LogP contribution in [-0.4, -0.2) is 22.3 Å². The van der Waals surface area contributed by atoms with E-state index in [9.17, 15) is 4.79 Å². The van der Waals surface area contributed by atoms with E-state index in [0.717, 1.165) is 15.9 Å². The summed E-state index contributed by atoms with van der Waals surface area (Å²) in [5, 5.41) is 7.16. The van der Waals surface area contributed by atoms with E-state index in [4.69, 9.17) is 4.74 Å². The van der Waals surface area contributed by atoms with Crippen molar-refractivity contribution in [3.05, 3.63) is 71.3 Å². The van der Waals surface area contributed by atoms with Gasteiger partial charge < -0.3 is 10.1 Å². The van der Waals surface area contributed by atoms with Crippen LogP contribution in [0.15, 0.2) is 71.3 Å². The molecular weight excluding hydrogens is 382 g/mol. The quantitative estimate of drug-likeness (QED) is 0.597. The van der Waals surface area contributed by atoms with Crippen molar-refractivity contribution in [2.45, 2.75) is 12.8 Å². The molecule has 0 fully saturated rings. The Morgan fingerprint density at radius 3 is 2.76 bits per heavy atom. The normalized spacial score (nSPS) is 10.4. The van der Waals surface area contributed by atoms with Crippen molar-refractivity contribution in [1.29, 1.82) is 0 Å². The van der Waals surface area contributed by atoms with Gasteiger partial charge in [-0.2, -0.15) is 5.10 Å². The number of halogens is 1. The number of hydrogen-bond acceptors (Lipinski definition) is 3. The summed E-state index contributed by atoms with van der Waals surface area (Å²) in [6.45, 7) is 0.488. The number of hydrogen-bond donors (Lipinski definition) is 1. The molecule has 1 heterocycles. The van der Waals surface area contributed by atoms with Crippen LogP contribution in [0.3, 0.4) is 0 Å². The number of anilines is 1. The van der Waals surface area contributed by atoms with Gasteiger partial charge in [0.2, 0.25) is 5.91 Å². The van der Waals surface area contributed by atoms with E-state index in [-0.39, 0.29) is 5.91 Å². The minimum Gasteiger partial charge on any atom is -0.494 e. The number of carbonyl (C=O) groups is 1. The lowest BCUT2D eigenvalue weighted by molar-refractivity contribution is -0.116. The summed E-state index contributed by atoms with van der Waals surface area (Å²) in [6.07, 6.45) is 2.84. The minimum absolute atomic E-state index is 0.0730. The first-order chi connectivity index (χ1) is 12.2. The molecule has 6 heteroatoms. The lowest BCUT2D eigenvalue weighted by atomic mass is 10.3. The van der Waals surface area contributed by atoms with Gasteiger partial charge in [-0.3, -0.25) is 4.79 Å². The molecule has 25 heavy (non-hydrogen) atoms. The van der Waals surface area contributed by atoms with Crippen molar-refractivity contribution in [3.63, 3.8) is 0 Å². The Hall–Kier alpha value is -2.60. The summed E-state index contributed by atoms with van der Waals surface area (Å²) >= 11 is 3.40. The number of nitrogens with one attached hydrogen (secondary N) is 1. The molecule has 0 radical (unpaired) electrons. The first-order valence-corrected chi connectivity index (χ1v) is 8.79. The van der Waals surface area contributed by atoms with E-state index < -0.39 is 0 Å². The zero-order valence-corrected chi connectivity index (χ0v) is 15.1. The average Bonchev–Trinajstić information content (AvgIpc) is 3.08. The van der Waals surface area contributed by atoms with E-state index in [1.165, 1.54) is 0 Å². The van der Waals surface area contributed by atoms with Crippen molar-refractivity contribution < 1.29 is 9.53 Å². The van der Waals surface area contributed by atoms with Crippen LogP contribution in [0.25, 0.3) is 5.69 Å². The van der Waals surface area contributed by atoms with Gasteiger partial charge in [-0.1, -0.05) is 40.2 Å². The molecule has 5 nitrogen and oxygen atoms in total. The first-order valence-electron chi connectivity index (χ1n) is 8.00. The standard InChI is InChI=1S/C19H18BrN3O2/c20-15-6-4-9-17(14-15)25-13-5-10-19(24)21-18-11-12-23(22-18)16-7-2-1-3-8-16/h1-4,6-9,11-12,14H,5,10,13H2,(H,21,22,24). The van der Waals surface area contributed by atoms with Crippen LogP contribution < -0.4 is 10.1 Å². The van der Waals surface area contributed by atoms with E-state index in [1.54, 1.807) is 10.7 Å². The Morgan fingerprint density at radius 2 is 1.96 bits per heavy atom. The first kappa shape index (κ1) is 17.2. The van der Waals surface area contributed by atoms with Crippen LogP contribution in [0, 0.1) is 0 Å². The maximum Gasteiger partial charge on any atom is 0.225 e. The number of aromatic nitrogens is 2. The average molecular weight is 400 g/mol. The molecule has 0 atom stereocenters. The summed E-state index contributed by atoms with van der Waals surface area (Å²) in [5.74, 6) is 1.26. The minimum atomic E-state index is -0.0730. The van der Waals surface area contributed by atoms with Crippen LogP contribution in [0.2, 0.25) is 0 Å². The van der Waals surface area contributed by atoms with E-state index in [1.807, 2.05) is 60.8 Å². The number of benzene rings is 2. The van der Waals surface area contributed by atoms with Gasteiger partial charge in [0, 0.05) is 23.2 Å². The van der Waals surface area contributed by atoms with E-state index in [2.05, 4.69) is 26.3 Å². The monoisotopic (exact) mass is 399 g/mol. The molecule has 1 N–H and O–H groups in total. The lowest BCUT2D eigenvalue weighted by Gasteiger charge is -2.06. The number of carbonyl (C=O) groups excluding carboxylic acids is 1. The summed E-state index contributed by atoms with van der Waals surface area (Å²) in [6, 6.07) is 19.2. The largest absolute Gasteiger partial charge is 0.494 e. The molecular formula is C19H18BrN3O2. The molecule has 0 saturated carbocycles. The third kappa shape index (κ3) is 5.19. The zero-order chi connectivity index (χ0) is 17.5. The Labute approximate surface area is 154 Å². The summed E-state index contributed by atoms with van der Waals surface area (Å²) in [5.41, 5.74) is 0.949. The molecule has 3 rings (SSSR count). The maximum atomic E-state index is 12.0. The molecule has 0 spiro atoms. The highest BCUT2D eigenvalue weighted by molar-refractivity contribution is 9.10. The van der Waals surface area contributed by atoms with Crippen molar-refractivity contribution in [1.82, 2.24) is 9.78 Å². The fourth-order valence-electron chi connectivity index (χ4n) is 2.30. The fraction of sp³-hybridized carbons (Fsp3) is 0.158. The van der Waals surface area contributed by atoms with Gasteiger partial charge in [0.05, 0.1) is 12.3 Å². The van der Waals surface area contributed by atoms with Gasteiger partial charge in [0.25, 0.3) is 0 Å². The van der Waals surface area contributed by atoms with Gasteiger partial charge in [0.1, 0.15) is 5.75 Å². The van der Waals surface area contributed by atoms with Crippen LogP contribution in [0.1, 0.15) is 12.8 Å². The zero-order valence-electron chi connectivity index (χ0n) is 13.6. The van der Waals surface area contributed by atoms with Crippen molar-refractivity contribution in [3.8, 4) is 11.4 Å². The smallest absolute Gasteiger partial charge is 0.225 e. The van der Waals surface area contributed by atoms with Gasteiger partial charge >= 0.3 is 0 Å². The summed E-state index contributed by atoms with van der Waals surface area (Å²) in [7, 11) is 0. The Balaban J connectivity index is 1.43. The summed E-state index contributed by atoms with van der Waals surface area (Å²) in [4.78, 5) is 12.0. The molecule has 2 aromatic carbocycles. The molecule has 0 bridgehead atoms. The van der Waals surface area contributed by atoms with Gasteiger partial charge in [-0.05, 0) is 36.8 Å². The van der Waals surface area contributed by atoms with Crippen LogP contribution in [0.5, 0.6) is 5.75 Å². The highest BCUT2D eigenvalue weighted by Gasteiger charge is 2.06. The number of para-hydroxylation sites is 1. The Kier molecular flexibility index (Phi) is 5.85. The van der Waals surface area contributed by atoms with Crippen molar-refractivity contribution in [2.24, 2.45) is 0 Å². The van der Waals surface area contributed by atoms with Crippen molar-refractivity contribution >= 4 is 27.7 Å². The van der Waals surface area contributed by atoms with E-state index >= 15 is 0 Å². The van der Waals surface area contributed by atoms with Crippen molar-refractivity contribution in [2.75, 3.05) is 11.9 Å². The molecule has 0 aliphatic rings. The molecule has 3 aromatic rings. The third-order valence-corrected chi connectivity index (χ3v) is 3.98. The second-order valence-corrected chi connectivity index (χ2v) is 6.35. The molecule has 128 valence electrons. The predicted molar refractivity (Wildman–Crippen MR) is 101 cm³/mol. The number of nitrogens with zero attached hydrogens (tertiary/aromatic N) is 2. The molecule has 1 aromatic heterocycles. The summed E-state index contributed by atoms with van der Waals surface area (Å²) < 4.78 is 8.32. The topological polar surface area (TPSA) is 56.1 Å². The number of ether oxygens (including phenoxy) is 1. The second kappa shape index (κ2) is 8.48. The highest BCUT2D eigenvalue weighted by atomic mass is 79.9. The molecule has 0 aliphatic heterocycles. The van der Waals surface area contributed by atoms with Crippen LogP contribution >= 0.6 is 15.9 Å². The van der Waals surface area contributed by atoms with Crippen LogP contribution in [0.4, 0.5) is 5.82 Å². The van der Waals surface area contributed by atoms with Gasteiger partial charge in [0.15, 0.2) is 5.82 Å². The highest BCUT2D eigenvalue weighted by Crippen LogP contribution is 2.18. The number of rotatable bonds is 7. The molecule has 1 amide bonds. The molecule has 0 saturated heterocycles. The third-order valence-electron chi connectivity index (χ3n) is 3.49. The Bertz CT molecular complexity index is 833. The maximum absolute atomic E-state index is 12.0. The Morgan fingerprint density at radius 1 is 1.12 bits per heavy atom. The van der Waals surface area contributed by atoms with Crippen LogP contribution in [-0.2, 0) is 4.79 Å².